The lowest BCUT2D eigenvalue weighted by Crippen LogP contribution is -2.53. The van der Waals surface area contributed by atoms with Crippen LogP contribution in [0.25, 0.3) is 0 Å². The van der Waals surface area contributed by atoms with Crippen molar-refractivity contribution in [2.24, 2.45) is 11.8 Å². The number of halogens is 1. The molecule has 156 valence electrons. The smallest absolute Gasteiger partial charge is 0.250 e. The van der Waals surface area contributed by atoms with Crippen molar-refractivity contribution in [2.45, 2.75) is 24.4 Å². The Hall–Kier alpha value is -1.97. The van der Waals surface area contributed by atoms with Crippen molar-refractivity contribution in [1.29, 1.82) is 0 Å². The molecule has 2 N–H and O–H groups in total. The number of thioether (sulfide) groups is 1. The molecular formula is C20H24FN3O4S. The Balaban J connectivity index is 1.77. The molecule has 0 aromatic heterocycles. The number of benzene rings is 1. The highest BCUT2D eigenvalue weighted by Gasteiger charge is 2.70. The van der Waals surface area contributed by atoms with E-state index in [0.29, 0.717) is 30.7 Å². The molecular weight excluding hydrogens is 397 g/mol. The van der Waals surface area contributed by atoms with Crippen LogP contribution in [0.15, 0.2) is 18.2 Å². The first-order valence-electron chi connectivity index (χ1n) is 9.68. The van der Waals surface area contributed by atoms with Gasteiger partial charge < -0.3 is 10.1 Å². The van der Waals surface area contributed by atoms with Gasteiger partial charge in [-0.25, -0.2) is 4.39 Å². The van der Waals surface area contributed by atoms with Crippen molar-refractivity contribution in [2.75, 3.05) is 37.6 Å². The predicted octanol–water partition coefficient (Wildman–Crippen LogP) is 1.34. The lowest BCUT2D eigenvalue weighted by molar-refractivity contribution is -0.143. The van der Waals surface area contributed by atoms with Crippen molar-refractivity contribution in [3.05, 3.63) is 29.6 Å². The SMILES string of the molecule is COCCCN1C(=O)C2C(CCSC)NC3(C(=O)Nc4ccc(F)cc43)C2C1=O. The lowest BCUT2D eigenvalue weighted by Gasteiger charge is -2.29. The van der Waals surface area contributed by atoms with Crippen molar-refractivity contribution >= 4 is 35.2 Å². The van der Waals surface area contributed by atoms with Crippen molar-refractivity contribution in [3.8, 4) is 0 Å². The van der Waals surface area contributed by atoms with E-state index in [9.17, 15) is 18.8 Å². The number of carbonyl (C=O) groups is 3. The van der Waals surface area contributed by atoms with Crippen LogP contribution in [0.5, 0.6) is 0 Å². The molecule has 0 bridgehead atoms. The molecule has 3 heterocycles. The van der Waals surface area contributed by atoms with Gasteiger partial charge in [0, 0.05) is 37.6 Å². The number of anilines is 1. The summed E-state index contributed by atoms with van der Waals surface area (Å²) in [4.78, 5) is 41.0. The minimum Gasteiger partial charge on any atom is -0.385 e. The summed E-state index contributed by atoms with van der Waals surface area (Å²) in [5.41, 5.74) is -0.538. The predicted molar refractivity (Wildman–Crippen MR) is 107 cm³/mol. The average molecular weight is 421 g/mol. The summed E-state index contributed by atoms with van der Waals surface area (Å²) in [7, 11) is 1.56. The second-order valence-corrected chi connectivity index (χ2v) is 8.65. The number of hydrogen-bond acceptors (Lipinski definition) is 6. The van der Waals surface area contributed by atoms with Crippen molar-refractivity contribution in [3.63, 3.8) is 0 Å². The summed E-state index contributed by atoms with van der Waals surface area (Å²) >= 11 is 1.64. The number of rotatable bonds is 7. The Kier molecular flexibility index (Phi) is 5.39. The topological polar surface area (TPSA) is 87.7 Å². The van der Waals surface area contributed by atoms with Crippen LogP contribution >= 0.6 is 11.8 Å². The van der Waals surface area contributed by atoms with Gasteiger partial charge in [0.25, 0.3) is 0 Å². The Bertz CT molecular complexity index is 866. The number of likely N-dealkylation sites (tertiary alicyclic amines) is 1. The fourth-order valence-corrected chi connectivity index (χ4v) is 5.40. The van der Waals surface area contributed by atoms with Crippen molar-refractivity contribution in [1.82, 2.24) is 10.2 Å². The normalized spacial score (nSPS) is 30.2. The number of nitrogens with zero attached hydrogens (tertiary/aromatic N) is 1. The Labute approximate surface area is 172 Å². The third-order valence-corrected chi connectivity index (χ3v) is 6.78. The van der Waals surface area contributed by atoms with Gasteiger partial charge in [0.05, 0.1) is 11.8 Å². The quantitative estimate of drug-likeness (QED) is 0.510. The van der Waals surface area contributed by atoms with E-state index in [1.807, 2.05) is 6.26 Å². The Morgan fingerprint density at radius 2 is 2.07 bits per heavy atom. The van der Waals surface area contributed by atoms with Crippen LogP contribution in [-0.4, -0.2) is 60.9 Å². The van der Waals surface area contributed by atoms with E-state index >= 15 is 0 Å². The molecule has 3 aliphatic rings. The number of nitrogens with one attached hydrogen (secondary N) is 2. The summed E-state index contributed by atoms with van der Waals surface area (Å²) in [5, 5.41) is 6.07. The zero-order valence-electron chi connectivity index (χ0n) is 16.4. The van der Waals surface area contributed by atoms with Gasteiger partial charge in [0.15, 0.2) is 0 Å². The number of carbonyl (C=O) groups excluding carboxylic acids is 3. The molecule has 4 rings (SSSR count). The number of ether oxygens (including phenoxy) is 1. The summed E-state index contributed by atoms with van der Waals surface area (Å²) < 4.78 is 19.1. The molecule has 0 radical (unpaired) electrons. The lowest BCUT2D eigenvalue weighted by atomic mass is 9.76. The number of hydrogen-bond donors (Lipinski definition) is 2. The summed E-state index contributed by atoms with van der Waals surface area (Å²) in [5.74, 6) is -2.27. The first kappa shape index (κ1) is 20.3. The highest BCUT2D eigenvalue weighted by Crippen LogP contribution is 2.53. The molecule has 3 amide bonds. The van der Waals surface area contributed by atoms with Gasteiger partial charge in [-0.05, 0) is 43.0 Å². The third kappa shape index (κ3) is 2.98. The second-order valence-electron chi connectivity index (χ2n) is 7.66. The van der Waals surface area contributed by atoms with Crippen LogP contribution in [0, 0.1) is 17.7 Å². The molecule has 3 aliphatic heterocycles. The molecule has 0 aliphatic carbocycles. The average Bonchev–Trinajstić information content (AvgIpc) is 3.27. The van der Waals surface area contributed by atoms with Crippen molar-refractivity contribution < 1.29 is 23.5 Å². The largest absolute Gasteiger partial charge is 0.385 e. The van der Waals surface area contributed by atoms with E-state index < -0.39 is 29.1 Å². The summed E-state index contributed by atoms with van der Waals surface area (Å²) in [6, 6.07) is 3.73. The van der Waals surface area contributed by atoms with Gasteiger partial charge in [0.2, 0.25) is 17.7 Å². The molecule has 2 fully saturated rings. The fraction of sp³-hybridized carbons (Fsp3) is 0.550. The first-order chi connectivity index (χ1) is 14.0. The standard InChI is InChI=1S/C20H24FN3O4S/c1-28-8-3-7-24-17(25)15-14(6-9-29-2)23-20(16(15)18(24)26)12-10-11(21)4-5-13(12)22-19(20)27/h4-5,10,14-16,23H,3,6-9H2,1-2H3,(H,22,27). The highest BCUT2D eigenvalue weighted by atomic mass is 32.2. The zero-order chi connectivity index (χ0) is 20.8. The molecule has 1 spiro atoms. The van der Waals surface area contributed by atoms with E-state index in [0.717, 1.165) is 5.75 Å². The van der Waals surface area contributed by atoms with Gasteiger partial charge in [-0.2, -0.15) is 11.8 Å². The fourth-order valence-electron chi connectivity index (χ4n) is 4.91. The molecule has 4 atom stereocenters. The Morgan fingerprint density at radius 3 is 2.79 bits per heavy atom. The van der Waals surface area contributed by atoms with Gasteiger partial charge >= 0.3 is 0 Å². The monoisotopic (exact) mass is 421 g/mol. The highest BCUT2D eigenvalue weighted by molar-refractivity contribution is 7.98. The first-order valence-corrected chi connectivity index (χ1v) is 11.1. The summed E-state index contributed by atoms with van der Waals surface area (Å²) in [6.07, 6.45) is 3.13. The van der Waals surface area contributed by atoms with Crippen LogP contribution in [0.4, 0.5) is 10.1 Å². The van der Waals surface area contributed by atoms with E-state index in [2.05, 4.69) is 10.6 Å². The number of fused-ring (bicyclic) bond motifs is 4. The molecule has 1 aromatic rings. The minimum atomic E-state index is -1.42. The van der Waals surface area contributed by atoms with Crippen LogP contribution in [0.3, 0.4) is 0 Å². The van der Waals surface area contributed by atoms with E-state index in [-0.39, 0.29) is 24.4 Å². The van der Waals surface area contributed by atoms with E-state index in [1.165, 1.54) is 23.1 Å². The number of amides is 3. The van der Waals surface area contributed by atoms with Gasteiger partial charge in [-0.15, -0.1) is 0 Å². The molecule has 7 nitrogen and oxygen atoms in total. The molecule has 1 aromatic carbocycles. The van der Waals surface area contributed by atoms with E-state index in [1.54, 1.807) is 18.9 Å². The zero-order valence-corrected chi connectivity index (χ0v) is 17.2. The van der Waals surface area contributed by atoms with Crippen LogP contribution in [0.2, 0.25) is 0 Å². The minimum absolute atomic E-state index is 0.251. The van der Waals surface area contributed by atoms with Crippen LogP contribution in [0.1, 0.15) is 18.4 Å². The number of imide groups is 1. The van der Waals surface area contributed by atoms with Gasteiger partial charge in [-0.1, -0.05) is 0 Å². The number of methoxy groups -OCH3 is 1. The Morgan fingerprint density at radius 1 is 1.28 bits per heavy atom. The maximum atomic E-state index is 14.1. The summed E-state index contributed by atoms with van der Waals surface area (Å²) in [6.45, 7) is 0.682. The third-order valence-electron chi connectivity index (χ3n) is 6.13. The second kappa shape index (κ2) is 7.70. The van der Waals surface area contributed by atoms with Crippen LogP contribution in [-0.2, 0) is 24.7 Å². The molecule has 9 heteroatoms. The van der Waals surface area contributed by atoms with E-state index in [4.69, 9.17) is 4.74 Å². The molecule has 29 heavy (non-hydrogen) atoms. The molecule has 4 unspecified atom stereocenters. The van der Waals surface area contributed by atoms with Gasteiger partial charge in [0.1, 0.15) is 11.4 Å². The maximum Gasteiger partial charge on any atom is 0.250 e. The molecule has 2 saturated heterocycles. The molecule has 0 saturated carbocycles. The van der Waals surface area contributed by atoms with Gasteiger partial charge in [-0.3, -0.25) is 24.6 Å². The van der Waals surface area contributed by atoms with Crippen LogP contribution < -0.4 is 10.6 Å². The maximum absolute atomic E-state index is 14.1.